The third kappa shape index (κ3) is 3.40. The summed E-state index contributed by atoms with van der Waals surface area (Å²) in [7, 11) is 1.57. The summed E-state index contributed by atoms with van der Waals surface area (Å²) in [5.41, 5.74) is 0.289. The topological polar surface area (TPSA) is 64.6 Å². The molecule has 0 heterocycles. The molecule has 1 amide bonds. The van der Waals surface area contributed by atoms with E-state index in [9.17, 15) is 9.59 Å². The molecule has 0 bridgehead atoms. The lowest BCUT2D eigenvalue weighted by atomic mass is 9.97. The fourth-order valence-corrected chi connectivity index (χ4v) is 3.23. The maximum atomic E-state index is 12.9. The van der Waals surface area contributed by atoms with Crippen molar-refractivity contribution in [2.45, 2.75) is 19.3 Å². The van der Waals surface area contributed by atoms with Crippen LogP contribution in [0, 0.1) is 5.41 Å². The second kappa shape index (κ2) is 7.38. The summed E-state index contributed by atoms with van der Waals surface area (Å²) >= 11 is 5.93. The van der Waals surface area contributed by atoms with Crippen LogP contribution in [0.3, 0.4) is 0 Å². The van der Waals surface area contributed by atoms with Crippen molar-refractivity contribution in [2.24, 2.45) is 5.41 Å². The molecule has 0 aliphatic heterocycles. The predicted octanol–water partition coefficient (Wildman–Crippen LogP) is 4.02. The Morgan fingerprint density at radius 1 is 1.15 bits per heavy atom. The Hall–Kier alpha value is -2.53. The average molecular weight is 374 g/mol. The molecule has 0 radical (unpaired) electrons. The van der Waals surface area contributed by atoms with E-state index in [4.69, 9.17) is 21.1 Å². The lowest BCUT2D eigenvalue weighted by Crippen LogP contribution is -2.34. The summed E-state index contributed by atoms with van der Waals surface area (Å²) in [5, 5.41) is 3.44. The molecule has 2 atom stereocenters. The number of amides is 1. The summed E-state index contributed by atoms with van der Waals surface area (Å²) in [6.07, 6.45) is 0.412. The number of nitrogens with one attached hydrogen (secondary N) is 1. The van der Waals surface area contributed by atoms with Gasteiger partial charge in [-0.2, -0.15) is 0 Å². The number of anilines is 1. The van der Waals surface area contributed by atoms with Gasteiger partial charge in [-0.3, -0.25) is 9.59 Å². The maximum absolute atomic E-state index is 12.9. The second-order valence-corrected chi connectivity index (χ2v) is 6.62. The molecule has 6 heteroatoms. The molecular weight excluding hydrogens is 354 g/mol. The van der Waals surface area contributed by atoms with Gasteiger partial charge in [0.15, 0.2) is 5.41 Å². The van der Waals surface area contributed by atoms with Crippen LogP contribution < -0.4 is 10.1 Å². The molecule has 1 aliphatic rings. The number of benzene rings is 2. The molecule has 2 aromatic carbocycles. The van der Waals surface area contributed by atoms with Gasteiger partial charge in [0.2, 0.25) is 5.91 Å². The molecule has 1 aliphatic carbocycles. The molecule has 2 aromatic rings. The van der Waals surface area contributed by atoms with Gasteiger partial charge >= 0.3 is 5.97 Å². The number of hydrogen-bond acceptors (Lipinski definition) is 4. The van der Waals surface area contributed by atoms with Gasteiger partial charge in [-0.05, 0) is 55.3 Å². The van der Waals surface area contributed by atoms with Crippen molar-refractivity contribution in [1.82, 2.24) is 0 Å². The third-order valence-electron chi connectivity index (χ3n) is 4.63. The molecule has 2 unspecified atom stereocenters. The van der Waals surface area contributed by atoms with Crippen LogP contribution in [0.1, 0.15) is 24.8 Å². The fraction of sp³-hybridized carbons (Fsp3) is 0.300. The van der Waals surface area contributed by atoms with Crippen molar-refractivity contribution >= 4 is 29.2 Å². The van der Waals surface area contributed by atoms with Crippen LogP contribution in [0.5, 0.6) is 5.75 Å². The van der Waals surface area contributed by atoms with Crippen molar-refractivity contribution in [1.29, 1.82) is 0 Å². The van der Waals surface area contributed by atoms with Crippen LogP contribution in [0.2, 0.25) is 5.02 Å². The van der Waals surface area contributed by atoms with Gasteiger partial charge in [0.1, 0.15) is 5.75 Å². The summed E-state index contributed by atoms with van der Waals surface area (Å²) in [6, 6.07) is 14.2. The highest BCUT2D eigenvalue weighted by atomic mass is 35.5. The number of methoxy groups -OCH3 is 1. The first-order valence-electron chi connectivity index (χ1n) is 8.39. The zero-order valence-electron chi connectivity index (χ0n) is 14.6. The Bertz CT molecular complexity index is 804. The SMILES string of the molecule is CCOC(=O)C1(C(=O)Nc2ccc(OC)cc2)CC1c1ccc(Cl)cc1. The first-order chi connectivity index (χ1) is 12.5. The van der Waals surface area contributed by atoms with Gasteiger partial charge in [-0.25, -0.2) is 0 Å². The first kappa shape index (κ1) is 18.3. The quantitative estimate of drug-likeness (QED) is 0.613. The highest BCUT2D eigenvalue weighted by molar-refractivity contribution is 6.30. The van der Waals surface area contributed by atoms with Crippen molar-refractivity contribution in [3.63, 3.8) is 0 Å². The van der Waals surface area contributed by atoms with Gasteiger partial charge in [-0.15, -0.1) is 0 Å². The lowest BCUT2D eigenvalue weighted by Gasteiger charge is -2.16. The summed E-state index contributed by atoms with van der Waals surface area (Å²) < 4.78 is 10.3. The smallest absolute Gasteiger partial charge is 0.322 e. The molecule has 0 saturated heterocycles. The Labute approximate surface area is 157 Å². The molecule has 136 valence electrons. The van der Waals surface area contributed by atoms with Crippen molar-refractivity contribution in [3.05, 3.63) is 59.1 Å². The zero-order valence-corrected chi connectivity index (χ0v) is 15.4. The predicted molar refractivity (Wildman–Crippen MR) is 99.5 cm³/mol. The number of hydrogen-bond donors (Lipinski definition) is 1. The number of esters is 1. The number of rotatable bonds is 6. The zero-order chi connectivity index (χ0) is 18.7. The molecule has 0 aromatic heterocycles. The van der Waals surface area contributed by atoms with Gasteiger partial charge in [-0.1, -0.05) is 23.7 Å². The van der Waals surface area contributed by atoms with Crippen molar-refractivity contribution < 1.29 is 19.1 Å². The number of carbonyl (C=O) groups is 2. The minimum Gasteiger partial charge on any atom is -0.497 e. The Morgan fingerprint density at radius 3 is 2.38 bits per heavy atom. The minimum atomic E-state index is -1.20. The molecular formula is C20H20ClNO4. The maximum Gasteiger partial charge on any atom is 0.322 e. The highest BCUT2D eigenvalue weighted by Gasteiger charge is 2.67. The second-order valence-electron chi connectivity index (χ2n) is 6.18. The molecule has 1 fully saturated rings. The van der Waals surface area contributed by atoms with Gasteiger partial charge in [0.05, 0.1) is 13.7 Å². The van der Waals surface area contributed by atoms with Gasteiger partial charge in [0.25, 0.3) is 0 Å². The summed E-state index contributed by atoms with van der Waals surface area (Å²) in [5.74, 6) is -0.391. The van der Waals surface area contributed by atoms with E-state index < -0.39 is 11.4 Å². The fourth-order valence-electron chi connectivity index (χ4n) is 3.11. The molecule has 26 heavy (non-hydrogen) atoms. The standard InChI is InChI=1S/C20H20ClNO4/c1-3-26-19(24)20(12-17(20)13-4-6-14(21)7-5-13)18(23)22-15-8-10-16(25-2)11-9-15/h4-11,17H,3,12H2,1-2H3,(H,22,23). The van der Waals surface area contributed by atoms with E-state index in [-0.39, 0.29) is 18.4 Å². The molecule has 1 N–H and O–H groups in total. The van der Waals surface area contributed by atoms with E-state index >= 15 is 0 Å². The summed E-state index contributed by atoms with van der Waals surface area (Å²) in [4.78, 5) is 25.5. The number of carbonyl (C=O) groups excluding carboxylic acids is 2. The molecule has 5 nitrogen and oxygen atoms in total. The average Bonchev–Trinajstić information content (AvgIpc) is 3.40. The lowest BCUT2D eigenvalue weighted by molar-refractivity contribution is -0.153. The van der Waals surface area contributed by atoms with Crippen LogP contribution in [0.15, 0.2) is 48.5 Å². The molecule has 3 rings (SSSR count). The van der Waals surface area contributed by atoms with E-state index in [1.807, 2.05) is 12.1 Å². The Balaban J connectivity index is 1.83. The monoisotopic (exact) mass is 373 g/mol. The van der Waals surface area contributed by atoms with Crippen LogP contribution in [0.25, 0.3) is 0 Å². The molecule has 1 saturated carbocycles. The van der Waals surface area contributed by atoms with Crippen LogP contribution >= 0.6 is 11.6 Å². The van der Waals surface area contributed by atoms with E-state index in [1.54, 1.807) is 50.4 Å². The summed E-state index contributed by atoms with van der Waals surface area (Å²) in [6.45, 7) is 1.95. The van der Waals surface area contributed by atoms with E-state index in [0.717, 1.165) is 5.56 Å². The minimum absolute atomic E-state index is 0.225. The van der Waals surface area contributed by atoms with E-state index in [1.165, 1.54) is 0 Å². The van der Waals surface area contributed by atoms with E-state index in [0.29, 0.717) is 22.9 Å². The third-order valence-corrected chi connectivity index (χ3v) is 4.88. The first-order valence-corrected chi connectivity index (χ1v) is 8.77. The molecule has 0 spiro atoms. The van der Waals surface area contributed by atoms with Crippen molar-refractivity contribution in [3.8, 4) is 5.75 Å². The normalized spacial score (nSPS) is 21.0. The number of halogens is 1. The van der Waals surface area contributed by atoms with Crippen LogP contribution in [-0.2, 0) is 14.3 Å². The van der Waals surface area contributed by atoms with Gasteiger partial charge in [0, 0.05) is 16.6 Å². The number of ether oxygens (including phenoxy) is 2. The highest BCUT2D eigenvalue weighted by Crippen LogP contribution is 2.60. The Morgan fingerprint density at radius 2 is 1.81 bits per heavy atom. The van der Waals surface area contributed by atoms with E-state index in [2.05, 4.69) is 5.32 Å². The Kier molecular flexibility index (Phi) is 5.18. The van der Waals surface area contributed by atoms with Crippen LogP contribution in [0.4, 0.5) is 5.69 Å². The van der Waals surface area contributed by atoms with Gasteiger partial charge < -0.3 is 14.8 Å². The largest absolute Gasteiger partial charge is 0.497 e. The van der Waals surface area contributed by atoms with Crippen molar-refractivity contribution in [2.75, 3.05) is 19.0 Å². The van der Waals surface area contributed by atoms with Crippen LogP contribution in [-0.4, -0.2) is 25.6 Å².